The van der Waals surface area contributed by atoms with Crippen LogP contribution in [0.2, 0.25) is 5.02 Å². The number of halogens is 1. The summed E-state index contributed by atoms with van der Waals surface area (Å²) in [6.07, 6.45) is -0.812. The van der Waals surface area contributed by atoms with Crippen molar-refractivity contribution < 1.29 is 14.5 Å². The minimum absolute atomic E-state index is 0.0921. The standard InChI is InChI=1S/C16H15ClN2O4/c1-10-7-8-12(19(21)22)9-14(10)18-16(20)11(2)23-15-6-4-3-5-13(15)17/h3-9,11H,1-2H3,(H,18,20)/t11-/m0/s1. The van der Waals surface area contributed by atoms with Crippen LogP contribution in [0, 0.1) is 17.0 Å². The monoisotopic (exact) mass is 334 g/mol. The van der Waals surface area contributed by atoms with Gasteiger partial charge in [0.1, 0.15) is 5.75 Å². The molecule has 2 rings (SSSR count). The van der Waals surface area contributed by atoms with Gasteiger partial charge in [-0.05, 0) is 31.5 Å². The van der Waals surface area contributed by atoms with Crippen molar-refractivity contribution in [3.63, 3.8) is 0 Å². The fraction of sp³-hybridized carbons (Fsp3) is 0.188. The highest BCUT2D eigenvalue weighted by Crippen LogP contribution is 2.25. The van der Waals surface area contributed by atoms with E-state index in [-0.39, 0.29) is 5.69 Å². The molecule has 0 saturated carbocycles. The highest BCUT2D eigenvalue weighted by molar-refractivity contribution is 6.32. The Balaban J connectivity index is 2.11. The number of rotatable bonds is 5. The van der Waals surface area contributed by atoms with E-state index < -0.39 is 16.9 Å². The van der Waals surface area contributed by atoms with E-state index in [2.05, 4.69) is 5.32 Å². The van der Waals surface area contributed by atoms with E-state index in [4.69, 9.17) is 16.3 Å². The SMILES string of the molecule is Cc1ccc([N+](=O)[O-])cc1NC(=O)[C@H](C)Oc1ccccc1Cl. The maximum absolute atomic E-state index is 12.2. The van der Waals surface area contributed by atoms with Crippen molar-refractivity contribution in [1.29, 1.82) is 0 Å². The third-order valence-corrected chi connectivity index (χ3v) is 3.51. The molecule has 6 nitrogen and oxygen atoms in total. The van der Waals surface area contributed by atoms with E-state index in [0.717, 1.165) is 0 Å². The molecule has 120 valence electrons. The Kier molecular flexibility index (Phi) is 5.18. The predicted octanol–water partition coefficient (Wildman–Crippen LogP) is 3.96. The Morgan fingerprint density at radius 1 is 1.30 bits per heavy atom. The molecule has 0 radical (unpaired) electrons. The summed E-state index contributed by atoms with van der Waals surface area (Å²) in [5, 5.41) is 13.9. The minimum Gasteiger partial charge on any atom is -0.479 e. The van der Waals surface area contributed by atoms with Crippen LogP contribution in [-0.4, -0.2) is 16.9 Å². The molecule has 7 heteroatoms. The molecule has 23 heavy (non-hydrogen) atoms. The average molecular weight is 335 g/mol. The van der Waals surface area contributed by atoms with Crippen molar-refractivity contribution in [2.24, 2.45) is 0 Å². The Hall–Kier alpha value is -2.60. The number of anilines is 1. The molecular weight excluding hydrogens is 320 g/mol. The number of para-hydroxylation sites is 1. The van der Waals surface area contributed by atoms with Gasteiger partial charge >= 0.3 is 0 Å². The van der Waals surface area contributed by atoms with Crippen LogP contribution in [0.1, 0.15) is 12.5 Å². The van der Waals surface area contributed by atoms with Crippen LogP contribution in [0.4, 0.5) is 11.4 Å². The van der Waals surface area contributed by atoms with E-state index in [1.807, 2.05) is 0 Å². The van der Waals surface area contributed by atoms with Gasteiger partial charge in [-0.3, -0.25) is 14.9 Å². The number of carbonyl (C=O) groups excluding carboxylic acids is 1. The molecule has 1 atom stereocenters. The normalized spacial score (nSPS) is 11.6. The van der Waals surface area contributed by atoms with Gasteiger partial charge in [0, 0.05) is 12.1 Å². The number of nitrogens with one attached hydrogen (secondary N) is 1. The quantitative estimate of drug-likeness (QED) is 0.662. The van der Waals surface area contributed by atoms with Gasteiger partial charge in [0.05, 0.1) is 15.6 Å². The summed E-state index contributed by atoms with van der Waals surface area (Å²) in [6.45, 7) is 3.32. The third kappa shape index (κ3) is 4.20. The lowest BCUT2D eigenvalue weighted by atomic mass is 10.1. The van der Waals surface area contributed by atoms with Gasteiger partial charge in [-0.25, -0.2) is 0 Å². The van der Waals surface area contributed by atoms with Crippen molar-refractivity contribution in [1.82, 2.24) is 0 Å². The number of carbonyl (C=O) groups is 1. The van der Waals surface area contributed by atoms with E-state index in [1.165, 1.54) is 12.1 Å². The van der Waals surface area contributed by atoms with Gasteiger partial charge < -0.3 is 10.1 Å². The maximum atomic E-state index is 12.2. The van der Waals surface area contributed by atoms with Crippen LogP contribution < -0.4 is 10.1 Å². The summed E-state index contributed by atoms with van der Waals surface area (Å²) < 4.78 is 5.52. The second kappa shape index (κ2) is 7.11. The van der Waals surface area contributed by atoms with E-state index >= 15 is 0 Å². The lowest BCUT2D eigenvalue weighted by molar-refractivity contribution is -0.384. The van der Waals surface area contributed by atoms with Crippen LogP contribution in [0.5, 0.6) is 5.75 Å². The number of aryl methyl sites for hydroxylation is 1. The molecule has 0 spiro atoms. The largest absolute Gasteiger partial charge is 0.479 e. The Labute approximate surface area is 138 Å². The molecule has 1 amide bonds. The first-order valence-corrected chi connectivity index (χ1v) is 7.23. The molecule has 0 aliphatic carbocycles. The molecule has 0 unspecified atom stereocenters. The van der Waals surface area contributed by atoms with E-state index in [9.17, 15) is 14.9 Å². The molecule has 0 aliphatic heterocycles. The number of amides is 1. The molecule has 2 aromatic carbocycles. The molecule has 2 aromatic rings. The molecule has 0 saturated heterocycles. The number of ether oxygens (including phenoxy) is 1. The molecule has 0 heterocycles. The first-order chi connectivity index (χ1) is 10.9. The number of hydrogen-bond donors (Lipinski definition) is 1. The number of non-ortho nitro benzene ring substituents is 1. The van der Waals surface area contributed by atoms with Gasteiger partial charge in [0.15, 0.2) is 6.10 Å². The summed E-state index contributed by atoms with van der Waals surface area (Å²) in [5.74, 6) is -0.0268. The number of nitro benzene ring substituents is 1. The zero-order valence-electron chi connectivity index (χ0n) is 12.6. The number of hydrogen-bond acceptors (Lipinski definition) is 4. The lowest BCUT2D eigenvalue weighted by Gasteiger charge is -2.16. The summed E-state index contributed by atoms with van der Waals surface area (Å²) in [4.78, 5) is 22.5. The maximum Gasteiger partial charge on any atom is 0.271 e. The van der Waals surface area contributed by atoms with Crippen LogP contribution in [0.25, 0.3) is 0 Å². The lowest BCUT2D eigenvalue weighted by Crippen LogP contribution is -2.30. The number of benzene rings is 2. The highest BCUT2D eigenvalue weighted by Gasteiger charge is 2.18. The van der Waals surface area contributed by atoms with Gasteiger partial charge in [-0.15, -0.1) is 0 Å². The summed E-state index contributed by atoms with van der Waals surface area (Å²) in [6, 6.07) is 11.1. The molecule has 0 aliphatic rings. The summed E-state index contributed by atoms with van der Waals surface area (Å²) >= 11 is 5.98. The van der Waals surface area contributed by atoms with Crippen molar-refractivity contribution >= 4 is 28.9 Å². The average Bonchev–Trinajstić information content (AvgIpc) is 2.51. The van der Waals surface area contributed by atoms with Crippen molar-refractivity contribution in [3.8, 4) is 5.75 Å². The van der Waals surface area contributed by atoms with Gasteiger partial charge in [-0.1, -0.05) is 29.8 Å². The number of nitrogens with zero attached hydrogens (tertiary/aromatic N) is 1. The third-order valence-electron chi connectivity index (χ3n) is 3.20. The van der Waals surface area contributed by atoms with Crippen molar-refractivity contribution in [3.05, 3.63) is 63.2 Å². The van der Waals surface area contributed by atoms with Crippen LogP contribution >= 0.6 is 11.6 Å². The Morgan fingerprint density at radius 2 is 2.00 bits per heavy atom. The first-order valence-electron chi connectivity index (χ1n) is 6.85. The van der Waals surface area contributed by atoms with E-state index in [0.29, 0.717) is 22.0 Å². The first kappa shape index (κ1) is 16.8. The molecule has 0 fully saturated rings. The van der Waals surface area contributed by atoms with Gasteiger partial charge in [0.2, 0.25) is 0 Å². The topological polar surface area (TPSA) is 81.5 Å². The smallest absolute Gasteiger partial charge is 0.271 e. The Morgan fingerprint density at radius 3 is 2.65 bits per heavy atom. The summed E-state index contributed by atoms with van der Waals surface area (Å²) in [5.41, 5.74) is 0.998. The van der Waals surface area contributed by atoms with Gasteiger partial charge in [0.25, 0.3) is 11.6 Å². The van der Waals surface area contributed by atoms with Gasteiger partial charge in [-0.2, -0.15) is 0 Å². The highest BCUT2D eigenvalue weighted by atomic mass is 35.5. The molecule has 0 aromatic heterocycles. The summed E-state index contributed by atoms with van der Waals surface area (Å²) in [7, 11) is 0. The number of nitro groups is 1. The second-order valence-corrected chi connectivity index (χ2v) is 5.34. The molecule has 0 bridgehead atoms. The van der Waals surface area contributed by atoms with Crippen LogP contribution in [0.3, 0.4) is 0 Å². The van der Waals surface area contributed by atoms with E-state index in [1.54, 1.807) is 44.2 Å². The zero-order chi connectivity index (χ0) is 17.0. The van der Waals surface area contributed by atoms with Crippen LogP contribution in [-0.2, 0) is 4.79 Å². The zero-order valence-corrected chi connectivity index (χ0v) is 13.3. The van der Waals surface area contributed by atoms with Crippen molar-refractivity contribution in [2.45, 2.75) is 20.0 Å². The fourth-order valence-corrected chi connectivity index (χ4v) is 2.06. The van der Waals surface area contributed by atoms with Crippen LogP contribution in [0.15, 0.2) is 42.5 Å². The molecular formula is C16H15ClN2O4. The predicted molar refractivity (Wildman–Crippen MR) is 88.0 cm³/mol. The fourth-order valence-electron chi connectivity index (χ4n) is 1.88. The minimum atomic E-state index is -0.812. The second-order valence-electron chi connectivity index (χ2n) is 4.94. The molecule has 1 N–H and O–H groups in total. The Bertz CT molecular complexity index is 749. The van der Waals surface area contributed by atoms with Crippen molar-refractivity contribution in [2.75, 3.05) is 5.32 Å².